The van der Waals surface area contributed by atoms with Crippen LogP contribution < -0.4 is 0 Å². The summed E-state index contributed by atoms with van der Waals surface area (Å²) in [7, 11) is 0. The molecule has 0 radical (unpaired) electrons. The van der Waals surface area contributed by atoms with E-state index in [4.69, 9.17) is 23.2 Å². The second kappa shape index (κ2) is 4.54. The molecule has 60 valence electrons. The van der Waals surface area contributed by atoms with Crippen LogP contribution in [0.5, 0.6) is 0 Å². The van der Waals surface area contributed by atoms with Crippen molar-refractivity contribution in [2.24, 2.45) is 0 Å². The monoisotopic (exact) mass is 211 g/mol. The van der Waals surface area contributed by atoms with Gasteiger partial charge in [0.1, 0.15) is 5.15 Å². The molecule has 0 aliphatic heterocycles. The molecule has 0 fully saturated rings. The normalized spacial score (nSPS) is 8.55. The van der Waals surface area contributed by atoms with Gasteiger partial charge in [-0.1, -0.05) is 11.6 Å². The van der Waals surface area contributed by atoms with Gasteiger partial charge in [0.05, 0.1) is 5.56 Å². The third-order valence-corrected chi connectivity index (χ3v) is 1.40. The van der Waals surface area contributed by atoms with Crippen molar-refractivity contribution in [2.75, 3.05) is 0 Å². The summed E-state index contributed by atoms with van der Waals surface area (Å²) >= 11 is 10.6. The Balaban J connectivity index is 0.000001000. The van der Waals surface area contributed by atoms with E-state index in [-0.39, 0.29) is 12.4 Å². The largest absolute Gasteiger partial charge is 0.276 e. The van der Waals surface area contributed by atoms with Crippen LogP contribution in [0, 0.1) is 0 Å². The van der Waals surface area contributed by atoms with Crippen LogP contribution in [0.1, 0.15) is 10.4 Å². The molecule has 0 N–H and O–H groups in total. The quantitative estimate of drug-likeness (QED) is 0.529. The molecule has 0 aliphatic rings. The summed E-state index contributed by atoms with van der Waals surface area (Å²) in [6, 6.07) is 3.03. The number of halogens is 3. The minimum Gasteiger partial charge on any atom is -0.276 e. The lowest BCUT2D eigenvalue weighted by molar-refractivity contribution is 0.108. The van der Waals surface area contributed by atoms with Crippen LogP contribution in [0.2, 0.25) is 5.15 Å². The molecule has 0 bridgehead atoms. The number of hydrogen-bond acceptors (Lipinski definition) is 2. The van der Waals surface area contributed by atoms with Gasteiger partial charge in [-0.15, -0.1) is 12.4 Å². The van der Waals surface area contributed by atoms with Gasteiger partial charge in [-0.25, -0.2) is 4.98 Å². The summed E-state index contributed by atoms with van der Waals surface area (Å²) in [6.45, 7) is 0. The zero-order valence-corrected chi connectivity index (χ0v) is 7.58. The highest BCUT2D eigenvalue weighted by Crippen LogP contribution is 2.06. The summed E-state index contributed by atoms with van der Waals surface area (Å²) < 4.78 is 0. The molecule has 0 aromatic carbocycles. The molecule has 0 atom stereocenters. The Morgan fingerprint density at radius 2 is 2.09 bits per heavy atom. The van der Waals surface area contributed by atoms with E-state index >= 15 is 0 Å². The maximum absolute atomic E-state index is 10.4. The lowest BCUT2D eigenvalue weighted by Crippen LogP contribution is -1.88. The first kappa shape index (κ1) is 10.7. The molecule has 1 rings (SSSR count). The first-order chi connectivity index (χ1) is 4.70. The molecule has 0 saturated carbocycles. The first-order valence-corrected chi connectivity index (χ1v) is 3.27. The third-order valence-electron chi connectivity index (χ3n) is 0.954. The number of carbonyl (C=O) groups excluding carboxylic acids is 1. The summed E-state index contributed by atoms with van der Waals surface area (Å²) in [6.07, 6.45) is 1.33. The van der Waals surface area contributed by atoms with Gasteiger partial charge in [0, 0.05) is 6.20 Å². The summed E-state index contributed by atoms with van der Waals surface area (Å²) in [4.78, 5) is 14.1. The predicted octanol–water partition coefficient (Wildman–Crippen LogP) is 2.54. The number of hydrogen-bond donors (Lipinski definition) is 0. The van der Waals surface area contributed by atoms with Crippen LogP contribution in [0.4, 0.5) is 0 Å². The molecular weight excluding hydrogens is 208 g/mol. The Labute approximate surface area is 79.9 Å². The van der Waals surface area contributed by atoms with E-state index in [2.05, 4.69) is 4.98 Å². The van der Waals surface area contributed by atoms with Crippen LogP contribution in [0.15, 0.2) is 18.3 Å². The molecular formula is C6H4Cl3NO. The Morgan fingerprint density at radius 3 is 2.45 bits per heavy atom. The fourth-order valence-corrected chi connectivity index (χ4v) is 0.716. The minimum atomic E-state index is -0.524. The third kappa shape index (κ3) is 3.06. The van der Waals surface area contributed by atoms with Gasteiger partial charge in [0.25, 0.3) is 5.24 Å². The fraction of sp³-hybridized carbons (Fsp3) is 0. The van der Waals surface area contributed by atoms with Crippen molar-refractivity contribution in [3.05, 3.63) is 29.0 Å². The van der Waals surface area contributed by atoms with Crippen molar-refractivity contribution in [1.82, 2.24) is 4.98 Å². The second-order valence-electron chi connectivity index (χ2n) is 1.64. The SMILES string of the molecule is Cl.O=C(Cl)c1ccc(Cl)nc1. The van der Waals surface area contributed by atoms with Crippen molar-refractivity contribution in [3.63, 3.8) is 0 Å². The van der Waals surface area contributed by atoms with Crippen molar-refractivity contribution in [1.29, 1.82) is 0 Å². The van der Waals surface area contributed by atoms with E-state index in [1.807, 2.05) is 0 Å². The highest BCUT2D eigenvalue weighted by atomic mass is 35.5. The Morgan fingerprint density at radius 1 is 1.45 bits per heavy atom. The molecule has 1 aromatic rings. The number of rotatable bonds is 1. The highest BCUT2D eigenvalue weighted by molar-refractivity contribution is 6.67. The van der Waals surface area contributed by atoms with Gasteiger partial charge in [-0.3, -0.25) is 4.79 Å². The van der Waals surface area contributed by atoms with Gasteiger partial charge in [0.15, 0.2) is 0 Å². The molecule has 1 aromatic heterocycles. The van der Waals surface area contributed by atoms with Crippen LogP contribution in [0.3, 0.4) is 0 Å². The Hall–Kier alpha value is -0.310. The summed E-state index contributed by atoms with van der Waals surface area (Å²) in [5.74, 6) is 0. The topological polar surface area (TPSA) is 30.0 Å². The van der Waals surface area contributed by atoms with E-state index in [9.17, 15) is 4.79 Å². The number of nitrogens with zero attached hydrogens (tertiary/aromatic N) is 1. The van der Waals surface area contributed by atoms with E-state index < -0.39 is 5.24 Å². The molecule has 0 spiro atoms. The van der Waals surface area contributed by atoms with Crippen molar-refractivity contribution < 1.29 is 4.79 Å². The van der Waals surface area contributed by atoms with Gasteiger partial charge in [0.2, 0.25) is 0 Å². The Bertz CT molecular complexity index is 247. The lowest BCUT2D eigenvalue weighted by Gasteiger charge is -1.90. The van der Waals surface area contributed by atoms with Gasteiger partial charge in [-0.05, 0) is 23.7 Å². The number of pyridine rings is 1. The molecule has 0 saturated heterocycles. The van der Waals surface area contributed by atoms with Crippen LogP contribution >= 0.6 is 35.6 Å². The second-order valence-corrected chi connectivity index (χ2v) is 2.37. The van der Waals surface area contributed by atoms with Crippen LogP contribution in [-0.2, 0) is 0 Å². The van der Waals surface area contributed by atoms with Gasteiger partial charge in [-0.2, -0.15) is 0 Å². The smallest absolute Gasteiger partial charge is 0.253 e. The highest BCUT2D eigenvalue weighted by Gasteiger charge is 1.99. The van der Waals surface area contributed by atoms with E-state index in [1.165, 1.54) is 18.3 Å². The maximum atomic E-state index is 10.4. The number of aromatic nitrogens is 1. The molecule has 0 aliphatic carbocycles. The molecule has 2 nitrogen and oxygen atoms in total. The average molecular weight is 212 g/mol. The van der Waals surface area contributed by atoms with Gasteiger partial charge >= 0.3 is 0 Å². The van der Waals surface area contributed by atoms with Crippen molar-refractivity contribution in [2.45, 2.75) is 0 Å². The van der Waals surface area contributed by atoms with E-state index in [0.717, 1.165) is 0 Å². The summed E-state index contributed by atoms with van der Waals surface area (Å²) in [5, 5.41) is -0.175. The van der Waals surface area contributed by atoms with Crippen LogP contribution in [0.25, 0.3) is 0 Å². The van der Waals surface area contributed by atoms with Gasteiger partial charge < -0.3 is 0 Å². The predicted molar refractivity (Wildman–Crippen MR) is 46.7 cm³/mol. The maximum Gasteiger partial charge on any atom is 0.253 e. The van der Waals surface area contributed by atoms with Crippen molar-refractivity contribution in [3.8, 4) is 0 Å². The molecule has 0 amide bonds. The molecule has 1 heterocycles. The molecule has 0 unspecified atom stereocenters. The van der Waals surface area contributed by atoms with E-state index in [1.54, 1.807) is 0 Å². The fourth-order valence-electron chi connectivity index (χ4n) is 0.492. The zero-order chi connectivity index (χ0) is 7.56. The molecule has 5 heteroatoms. The Kier molecular flexibility index (Phi) is 4.42. The standard InChI is InChI=1S/C6H3Cl2NO.ClH/c7-5-2-1-4(3-9-5)6(8)10;/h1-3H;1H. The lowest BCUT2D eigenvalue weighted by atomic mass is 10.3. The van der Waals surface area contributed by atoms with E-state index in [0.29, 0.717) is 10.7 Å². The average Bonchev–Trinajstić information content (AvgIpc) is 1.88. The van der Waals surface area contributed by atoms with Crippen LogP contribution in [-0.4, -0.2) is 10.2 Å². The zero-order valence-electron chi connectivity index (χ0n) is 5.25. The summed E-state index contributed by atoms with van der Waals surface area (Å²) in [5.41, 5.74) is 0.353. The first-order valence-electron chi connectivity index (χ1n) is 2.51. The minimum absolute atomic E-state index is 0. The molecule has 11 heavy (non-hydrogen) atoms. The van der Waals surface area contributed by atoms with Crippen molar-refractivity contribution >= 4 is 40.9 Å². The number of carbonyl (C=O) groups is 1.